The molecule has 1 unspecified atom stereocenters. The van der Waals surface area contributed by atoms with Crippen molar-refractivity contribution in [2.45, 2.75) is 33.6 Å². The van der Waals surface area contributed by atoms with Gasteiger partial charge in [0.1, 0.15) is 11.5 Å². The van der Waals surface area contributed by atoms with E-state index in [-0.39, 0.29) is 11.7 Å². The second kappa shape index (κ2) is 8.95. The van der Waals surface area contributed by atoms with Crippen LogP contribution in [0, 0.1) is 13.8 Å². The minimum Gasteiger partial charge on any atom is -0.496 e. The van der Waals surface area contributed by atoms with Gasteiger partial charge in [0.25, 0.3) is 0 Å². The lowest BCUT2D eigenvalue weighted by molar-refractivity contribution is 0.0733. The van der Waals surface area contributed by atoms with Crippen molar-refractivity contribution in [3.63, 3.8) is 0 Å². The molecule has 0 saturated carbocycles. The van der Waals surface area contributed by atoms with Crippen LogP contribution in [0.2, 0.25) is 0 Å². The predicted molar refractivity (Wildman–Crippen MR) is 118 cm³/mol. The molecule has 1 atom stereocenters. The molecule has 0 saturated heterocycles. The molecule has 0 heterocycles. The maximum absolute atomic E-state index is 12.5. The van der Waals surface area contributed by atoms with Gasteiger partial charge >= 0.3 is 5.97 Å². The maximum atomic E-state index is 12.5. The third-order valence-corrected chi connectivity index (χ3v) is 5.33. The molecule has 0 aliphatic carbocycles. The number of ether oxygens (including phenoxy) is 2. The first kappa shape index (κ1) is 21.3. The molecule has 0 spiro atoms. The smallest absolute Gasteiger partial charge is 0.343 e. The fourth-order valence-corrected chi connectivity index (χ4v) is 3.44. The number of hydrogen-bond donors (Lipinski definition) is 0. The van der Waals surface area contributed by atoms with Gasteiger partial charge in [-0.1, -0.05) is 43.3 Å². The molecular formula is C26H26O4. The fourth-order valence-electron chi connectivity index (χ4n) is 3.44. The Hall–Kier alpha value is -3.40. The summed E-state index contributed by atoms with van der Waals surface area (Å²) in [5, 5.41) is 0. The highest BCUT2D eigenvalue weighted by Gasteiger charge is 2.15. The molecule has 154 valence electrons. The van der Waals surface area contributed by atoms with E-state index in [1.165, 1.54) is 12.5 Å². The number of methoxy groups -OCH3 is 1. The highest BCUT2D eigenvalue weighted by molar-refractivity contribution is 5.98. The number of esters is 1. The largest absolute Gasteiger partial charge is 0.496 e. The van der Waals surface area contributed by atoms with E-state index in [9.17, 15) is 9.59 Å². The van der Waals surface area contributed by atoms with Crippen molar-refractivity contribution in [1.82, 2.24) is 0 Å². The van der Waals surface area contributed by atoms with Crippen LogP contribution in [0.1, 0.15) is 62.7 Å². The Morgan fingerprint density at radius 2 is 1.37 bits per heavy atom. The molecule has 3 aromatic rings. The van der Waals surface area contributed by atoms with Crippen molar-refractivity contribution in [3.05, 3.63) is 94.0 Å². The van der Waals surface area contributed by atoms with Gasteiger partial charge in [-0.15, -0.1) is 0 Å². The molecule has 0 fully saturated rings. The molecular weight excluding hydrogens is 376 g/mol. The molecule has 0 aliphatic rings. The number of ketones is 1. The van der Waals surface area contributed by atoms with Crippen LogP contribution in [0.15, 0.2) is 60.7 Å². The Kier molecular flexibility index (Phi) is 6.36. The molecule has 0 amide bonds. The van der Waals surface area contributed by atoms with Gasteiger partial charge in [-0.25, -0.2) is 4.79 Å². The predicted octanol–water partition coefficient (Wildman–Crippen LogP) is 5.89. The molecule has 3 aromatic carbocycles. The summed E-state index contributed by atoms with van der Waals surface area (Å²) in [7, 11) is 1.67. The molecule has 4 heteroatoms. The van der Waals surface area contributed by atoms with Crippen LogP contribution in [-0.2, 0) is 0 Å². The van der Waals surface area contributed by atoms with Gasteiger partial charge in [-0.05, 0) is 67.3 Å². The van der Waals surface area contributed by atoms with E-state index in [1.807, 2.05) is 38.1 Å². The Bertz CT molecular complexity index is 1100. The van der Waals surface area contributed by atoms with Crippen molar-refractivity contribution in [2.24, 2.45) is 0 Å². The van der Waals surface area contributed by atoms with E-state index in [0.717, 1.165) is 22.4 Å². The van der Waals surface area contributed by atoms with Gasteiger partial charge in [0, 0.05) is 11.5 Å². The van der Waals surface area contributed by atoms with Gasteiger partial charge in [-0.3, -0.25) is 4.79 Å². The first-order valence-electron chi connectivity index (χ1n) is 9.88. The molecule has 0 aliphatic heterocycles. The number of Topliss-reactive ketones (excluding diaryl/α,β-unsaturated/α-hetero) is 1. The van der Waals surface area contributed by atoms with E-state index in [0.29, 0.717) is 16.9 Å². The van der Waals surface area contributed by atoms with E-state index in [2.05, 4.69) is 19.1 Å². The summed E-state index contributed by atoms with van der Waals surface area (Å²) in [6, 6.07) is 18.6. The highest BCUT2D eigenvalue weighted by atomic mass is 16.5. The Balaban J connectivity index is 1.79. The van der Waals surface area contributed by atoms with Crippen LogP contribution in [-0.4, -0.2) is 18.9 Å². The number of aryl methyl sites for hydroxylation is 2. The average molecular weight is 402 g/mol. The van der Waals surface area contributed by atoms with Crippen LogP contribution in [0.5, 0.6) is 11.5 Å². The second-order valence-corrected chi connectivity index (χ2v) is 7.50. The van der Waals surface area contributed by atoms with Crippen LogP contribution < -0.4 is 9.47 Å². The summed E-state index contributed by atoms with van der Waals surface area (Å²) in [6.45, 7) is 7.57. The molecule has 0 bridgehead atoms. The van der Waals surface area contributed by atoms with Crippen LogP contribution in [0.3, 0.4) is 0 Å². The van der Waals surface area contributed by atoms with Crippen LogP contribution >= 0.6 is 0 Å². The number of benzene rings is 3. The van der Waals surface area contributed by atoms with Crippen LogP contribution in [0.25, 0.3) is 0 Å². The van der Waals surface area contributed by atoms with Gasteiger partial charge in [-0.2, -0.15) is 0 Å². The number of hydrogen-bond acceptors (Lipinski definition) is 4. The van der Waals surface area contributed by atoms with Gasteiger partial charge in [0.2, 0.25) is 0 Å². The lowest BCUT2D eigenvalue weighted by atomic mass is 9.91. The quantitative estimate of drug-likeness (QED) is 0.293. The van der Waals surface area contributed by atoms with Gasteiger partial charge in [0.05, 0.1) is 12.7 Å². The van der Waals surface area contributed by atoms with E-state index in [4.69, 9.17) is 9.47 Å². The lowest BCUT2D eigenvalue weighted by Crippen LogP contribution is -2.10. The second-order valence-electron chi connectivity index (χ2n) is 7.50. The fraction of sp³-hybridized carbons (Fsp3) is 0.231. The Labute approximate surface area is 177 Å². The molecule has 30 heavy (non-hydrogen) atoms. The van der Waals surface area contributed by atoms with Crippen molar-refractivity contribution < 1.29 is 19.1 Å². The first-order valence-corrected chi connectivity index (χ1v) is 9.88. The van der Waals surface area contributed by atoms with Crippen molar-refractivity contribution in [3.8, 4) is 11.5 Å². The Morgan fingerprint density at radius 3 is 1.90 bits per heavy atom. The van der Waals surface area contributed by atoms with Crippen molar-refractivity contribution in [2.75, 3.05) is 7.11 Å². The molecule has 4 nitrogen and oxygen atoms in total. The summed E-state index contributed by atoms with van der Waals surface area (Å²) in [6.07, 6.45) is 0. The zero-order valence-electron chi connectivity index (χ0n) is 18.0. The van der Waals surface area contributed by atoms with Gasteiger partial charge < -0.3 is 9.47 Å². The first-order chi connectivity index (χ1) is 14.3. The Morgan fingerprint density at radius 1 is 0.800 bits per heavy atom. The standard InChI is InChI=1S/C26H26O4/c1-16-13-20(9-11-24(16)29-5)18(3)21-10-12-25(17(2)14-21)30-26(28)23-8-6-7-22(15-23)19(4)27/h6-15,18H,1-5H3. The van der Waals surface area contributed by atoms with E-state index in [1.54, 1.807) is 31.4 Å². The monoisotopic (exact) mass is 402 g/mol. The zero-order valence-corrected chi connectivity index (χ0v) is 18.0. The van der Waals surface area contributed by atoms with E-state index < -0.39 is 5.97 Å². The zero-order chi connectivity index (χ0) is 21.8. The van der Waals surface area contributed by atoms with E-state index >= 15 is 0 Å². The average Bonchev–Trinajstić information content (AvgIpc) is 2.74. The minimum absolute atomic E-state index is 0.0899. The molecule has 0 aromatic heterocycles. The van der Waals surface area contributed by atoms with Crippen molar-refractivity contribution in [1.29, 1.82) is 0 Å². The third kappa shape index (κ3) is 4.60. The summed E-state index contributed by atoms with van der Waals surface area (Å²) < 4.78 is 10.9. The summed E-state index contributed by atoms with van der Waals surface area (Å²) in [4.78, 5) is 24.1. The lowest BCUT2D eigenvalue weighted by Gasteiger charge is -2.16. The summed E-state index contributed by atoms with van der Waals surface area (Å²) >= 11 is 0. The number of carbonyl (C=O) groups excluding carboxylic acids is 2. The van der Waals surface area contributed by atoms with Crippen LogP contribution in [0.4, 0.5) is 0 Å². The third-order valence-electron chi connectivity index (χ3n) is 5.33. The summed E-state index contributed by atoms with van der Waals surface area (Å²) in [5.74, 6) is 0.999. The van der Waals surface area contributed by atoms with Gasteiger partial charge in [0.15, 0.2) is 5.78 Å². The molecule has 0 radical (unpaired) electrons. The topological polar surface area (TPSA) is 52.6 Å². The minimum atomic E-state index is -0.479. The maximum Gasteiger partial charge on any atom is 0.343 e. The highest BCUT2D eigenvalue weighted by Crippen LogP contribution is 2.31. The number of rotatable bonds is 6. The molecule has 3 rings (SSSR count). The summed E-state index contributed by atoms with van der Waals surface area (Å²) in [5.41, 5.74) is 5.14. The van der Waals surface area contributed by atoms with Crippen molar-refractivity contribution >= 4 is 11.8 Å². The molecule has 0 N–H and O–H groups in total. The number of carbonyl (C=O) groups is 2. The SMILES string of the molecule is COc1ccc(C(C)c2ccc(OC(=O)c3cccc(C(C)=O)c3)c(C)c2)cc1C. The normalized spacial score (nSPS) is 11.6.